The van der Waals surface area contributed by atoms with Gasteiger partial charge in [-0.3, -0.25) is 4.79 Å². The molecule has 0 aliphatic heterocycles. The quantitative estimate of drug-likeness (QED) is 0.871. The van der Waals surface area contributed by atoms with E-state index in [4.69, 9.17) is 0 Å². The molecule has 2 N–H and O–H groups in total. The molecule has 5 heteroatoms. The number of aromatic nitrogens is 2. The lowest BCUT2D eigenvalue weighted by Crippen LogP contribution is -2.30. The normalized spacial score (nSPS) is 19.8. The van der Waals surface area contributed by atoms with Crippen molar-refractivity contribution in [2.75, 3.05) is 11.9 Å². The van der Waals surface area contributed by atoms with E-state index in [1.807, 2.05) is 6.92 Å². The minimum Gasteiger partial charge on any atom is -0.369 e. The molecule has 0 spiro atoms. The lowest BCUT2D eigenvalue weighted by atomic mass is 10.0. The number of amides is 1. The fraction of sp³-hybridized carbons (Fsp3) is 0.643. The largest absolute Gasteiger partial charge is 0.369 e. The summed E-state index contributed by atoms with van der Waals surface area (Å²) in [6.45, 7) is 11.4. The van der Waals surface area contributed by atoms with Gasteiger partial charge in [-0.05, 0) is 17.8 Å². The van der Waals surface area contributed by atoms with Crippen molar-refractivity contribution >= 4 is 11.7 Å². The predicted octanol–water partition coefficient (Wildman–Crippen LogP) is 2.07. The molecule has 5 nitrogen and oxygen atoms in total. The minimum atomic E-state index is -0.154. The average molecular weight is 262 g/mol. The molecule has 0 radical (unpaired) electrons. The van der Waals surface area contributed by atoms with Crippen molar-refractivity contribution < 1.29 is 4.79 Å². The van der Waals surface area contributed by atoms with Crippen molar-refractivity contribution in [3.8, 4) is 0 Å². The van der Waals surface area contributed by atoms with Gasteiger partial charge < -0.3 is 10.6 Å². The molecule has 2 rings (SSSR count). The van der Waals surface area contributed by atoms with Crippen LogP contribution in [0.3, 0.4) is 0 Å². The van der Waals surface area contributed by atoms with Crippen LogP contribution in [0.25, 0.3) is 0 Å². The van der Waals surface area contributed by atoms with Gasteiger partial charge in [-0.15, -0.1) is 0 Å². The number of carbonyl (C=O) groups excluding carboxylic acids is 1. The molecule has 0 aromatic carbocycles. The van der Waals surface area contributed by atoms with Gasteiger partial charge in [0.05, 0.1) is 12.4 Å². The molecule has 1 fully saturated rings. The van der Waals surface area contributed by atoms with Crippen LogP contribution in [-0.4, -0.2) is 28.5 Å². The van der Waals surface area contributed by atoms with Crippen LogP contribution in [0.4, 0.5) is 5.82 Å². The van der Waals surface area contributed by atoms with E-state index in [1.54, 1.807) is 6.20 Å². The zero-order chi connectivity index (χ0) is 14.3. The molecule has 1 amide bonds. The monoisotopic (exact) mass is 262 g/mol. The first-order chi connectivity index (χ1) is 8.80. The summed E-state index contributed by atoms with van der Waals surface area (Å²) in [6, 6.07) is 0.183. The van der Waals surface area contributed by atoms with Crippen LogP contribution in [-0.2, 0) is 0 Å². The Morgan fingerprint density at radius 1 is 1.21 bits per heavy atom. The Balaban J connectivity index is 2.02. The topological polar surface area (TPSA) is 66.9 Å². The molecule has 104 valence electrons. The summed E-state index contributed by atoms with van der Waals surface area (Å²) >= 11 is 0. The molecule has 1 aliphatic rings. The van der Waals surface area contributed by atoms with Gasteiger partial charge in [0, 0.05) is 12.6 Å². The van der Waals surface area contributed by atoms with Gasteiger partial charge >= 0.3 is 0 Å². The van der Waals surface area contributed by atoms with Crippen molar-refractivity contribution in [2.24, 2.45) is 10.8 Å². The Labute approximate surface area is 114 Å². The van der Waals surface area contributed by atoms with Crippen LogP contribution < -0.4 is 10.6 Å². The van der Waals surface area contributed by atoms with Gasteiger partial charge in [0.15, 0.2) is 0 Å². The second kappa shape index (κ2) is 4.47. The Hall–Kier alpha value is -1.65. The molecule has 0 atom stereocenters. The number of nitrogens with zero attached hydrogens (tertiary/aromatic N) is 2. The van der Waals surface area contributed by atoms with E-state index in [2.05, 4.69) is 48.3 Å². The third-order valence-corrected chi connectivity index (χ3v) is 4.54. The van der Waals surface area contributed by atoms with Crippen molar-refractivity contribution in [3.05, 3.63) is 18.1 Å². The third kappa shape index (κ3) is 2.29. The molecular weight excluding hydrogens is 240 g/mol. The maximum Gasteiger partial charge on any atom is 0.271 e. The summed E-state index contributed by atoms with van der Waals surface area (Å²) in [5.41, 5.74) is 0.611. The van der Waals surface area contributed by atoms with E-state index in [9.17, 15) is 4.79 Å². The van der Waals surface area contributed by atoms with E-state index in [0.29, 0.717) is 11.5 Å². The molecular formula is C14H22N4O. The summed E-state index contributed by atoms with van der Waals surface area (Å²) in [7, 11) is 0. The van der Waals surface area contributed by atoms with E-state index in [-0.39, 0.29) is 22.8 Å². The highest BCUT2D eigenvalue weighted by atomic mass is 16.2. The second-order valence-electron chi connectivity index (χ2n) is 6.17. The minimum absolute atomic E-state index is 0.125. The van der Waals surface area contributed by atoms with Crippen LogP contribution in [0, 0.1) is 10.8 Å². The number of hydrogen-bond acceptors (Lipinski definition) is 4. The second-order valence-corrected chi connectivity index (χ2v) is 6.17. The van der Waals surface area contributed by atoms with Gasteiger partial charge in [0.25, 0.3) is 5.91 Å². The molecule has 1 heterocycles. The van der Waals surface area contributed by atoms with Crippen LogP contribution in [0.1, 0.15) is 45.1 Å². The maximum absolute atomic E-state index is 12.1. The molecule has 1 aromatic heterocycles. The highest BCUT2D eigenvalue weighted by molar-refractivity contribution is 5.92. The fourth-order valence-electron chi connectivity index (χ4n) is 2.48. The molecule has 19 heavy (non-hydrogen) atoms. The molecule has 0 saturated heterocycles. The number of carbonyl (C=O) groups is 1. The zero-order valence-corrected chi connectivity index (χ0v) is 12.2. The lowest BCUT2D eigenvalue weighted by Gasteiger charge is -2.07. The predicted molar refractivity (Wildman–Crippen MR) is 75.0 cm³/mol. The summed E-state index contributed by atoms with van der Waals surface area (Å²) in [5.74, 6) is 0.533. The number of anilines is 1. The SMILES string of the molecule is CCNc1cnc(C(=O)NC2C(C)(C)C2(C)C)cn1. The van der Waals surface area contributed by atoms with Crippen molar-refractivity contribution in [2.45, 2.75) is 40.7 Å². The van der Waals surface area contributed by atoms with Crippen molar-refractivity contribution in [1.29, 1.82) is 0 Å². The average Bonchev–Trinajstić information content (AvgIpc) is 2.73. The summed E-state index contributed by atoms with van der Waals surface area (Å²) in [4.78, 5) is 20.4. The standard InChI is InChI=1S/C14H22N4O/c1-6-15-10-8-16-9(7-17-10)11(19)18-12-13(2,3)14(12,4)5/h7-8,12H,6H2,1-5H3,(H,15,17)(H,18,19). The lowest BCUT2D eigenvalue weighted by molar-refractivity contribution is 0.0938. The van der Waals surface area contributed by atoms with Gasteiger partial charge in [-0.1, -0.05) is 27.7 Å². The first-order valence-electron chi connectivity index (χ1n) is 6.67. The van der Waals surface area contributed by atoms with Gasteiger partial charge in [-0.2, -0.15) is 0 Å². The number of rotatable bonds is 4. The highest BCUT2D eigenvalue weighted by Crippen LogP contribution is 2.62. The van der Waals surface area contributed by atoms with E-state index in [1.165, 1.54) is 6.20 Å². The highest BCUT2D eigenvalue weighted by Gasteiger charge is 2.65. The molecule has 0 bridgehead atoms. The maximum atomic E-state index is 12.1. The number of nitrogens with one attached hydrogen (secondary N) is 2. The van der Waals surface area contributed by atoms with Crippen LogP contribution in [0.15, 0.2) is 12.4 Å². The first-order valence-corrected chi connectivity index (χ1v) is 6.67. The smallest absolute Gasteiger partial charge is 0.271 e. The third-order valence-electron chi connectivity index (χ3n) is 4.54. The Morgan fingerprint density at radius 2 is 1.84 bits per heavy atom. The summed E-state index contributed by atoms with van der Waals surface area (Å²) in [5, 5.41) is 6.09. The van der Waals surface area contributed by atoms with E-state index >= 15 is 0 Å². The van der Waals surface area contributed by atoms with Crippen molar-refractivity contribution in [3.63, 3.8) is 0 Å². The van der Waals surface area contributed by atoms with Crippen LogP contribution >= 0.6 is 0 Å². The first kappa shape index (κ1) is 13.8. The van der Waals surface area contributed by atoms with Gasteiger partial charge in [0.2, 0.25) is 0 Å². The molecule has 1 saturated carbocycles. The Kier molecular flexibility index (Phi) is 3.24. The zero-order valence-electron chi connectivity index (χ0n) is 12.2. The fourth-order valence-corrected chi connectivity index (χ4v) is 2.48. The summed E-state index contributed by atoms with van der Waals surface area (Å²) in [6.07, 6.45) is 3.09. The summed E-state index contributed by atoms with van der Waals surface area (Å²) < 4.78 is 0. The number of hydrogen-bond donors (Lipinski definition) is 2. The van der Waals surface area contributed by atoms with E-state index < -0.39 is 0 Å². The Bertz CT molecular complexity index is 465. The van der Waals surface area contributed by atoms with Gasteiger partial charge in [-0.25, -0.2) is 9.97 Å². The van der Waals surface area contributed by atoms with Crippen LogP contribution in [0.2, 0.25) is 0 Å². The molecule has 0 unspecified atom stereocenters. The van der Waals surface area contributed by atoms with E-state index in [0.717, 1.165) is 6.54 Å². The molecule has 1 aliphatic carbocycles. The van der Waals surface area contributed by atoms with Crippen LogP contribution in [0.5, 0.6) is 0 Å². The van der Waals surface area contributed by atoms with Crippen molar-refractivity contribution in [1.82, 2.24) is 15.3 Å². The molecule has 1 aromatic rings. The van der Waals surface area contributed by atoms with Gasteiger partial charge in [0.1, 0.15) is 11.5 Å². The Morgan fingerprint density at radius 3 is 2.26 bits per heavy atom.